The van der Waals surface area contributed by atoms with Gasteiger partial charge < -0.3 is 0 Å². The first kappa shape index (κ1) is 26.7. The Morgan fingerprint density at radius 2 is 1.72 bits per heavy atom. The minimum atomic E-state index is 0.221. The summed E-state index contributed by atoms with van der Waals surface area (Å²) >= 11 is 0.232. The van der Waals surface area contributed by atoms with E-state index in [4.69, 9.17) is 0 Å². The molecule has 0 radical (unpaired) electrons. The van der Waals surface area contributed by atoms with Gasteiger partial charge in [-0.3, -0.25) is 0 Å². The van der Waals surface area contributed by atoms with Crippen LogP contribution in [0.5, 0.6) is 0 Å². The minimum absolute atomic E-state index is 0.221. The summed E-state index contributed by atoms with van der Waals surface area (Å²) in [5.41, 5.74) is 3.62. The van der Waals surface area contributed by atoms with E-state index in [0.717, 1.165) is 41.9 Å². The van der Waals surface area contributed by atoms with Crippen LogP contribution in [-0.2, 0) is 4.79 Å². The Hall–Kier alpha value is -0.851. The molecule has 198 valence electrons. The second-order valence-electron chi connectivity index (χ2n) is 14.1. The Labute approximate surface area is 227 Å². The van der Waals surface area contributed by atoms with Crippen LogP contribution in [0.4, 0.5) is 0 Å². The molecular formula is C34H50OSe. The summed E-state index contributed by atoms with van der Waals surface area (Å²) in [5.74, 6) is 5.63. The normalized spacial score (nSPS) is 38.8. The molecule has 0 aliphatic heterocycles. The molecule has 1 aromatic rings. The maximum atomic E-state index is 13.2. The average molecular weight is 554 g/mol. The monoisotopic (exact) mass is 554 g/mol. The molecule has 3 saturated carbocycles. The third-order valence-electron chi connectivity index (χ3n) is 11.5. The van der Waals surface area contributed by atoms with Crippen LogP contribution >= 0.6 is 0 Å². The standard InChI is InChI=1S/C34H50OSe/c1-22(2)8-7-9-24(4)28-16-17-29-27-15-12-25-20-31(35)32(36-26-13-10-23(3)11-14-26)21-34(25,6)30(27)18-19-33(28,29)5/h10-11,13-14,20,22,24,27-30,32H,7-9,12,15-19,21H2,1-6H3/t24?,27?,28-,29?,30?,32-,33-,34+/m1/s1. The second-order valence-corrected chi connectivity index (χ2v) is 16.7. The number of carbonyl (C=O) groups is 1. The van der Waals surface area contributed by atoms with Crippen molar-refractivity contribution in [1.29, 1.82) is 0 Å². The van der Waals surface area contributed by atoms with Crippen LogP contribution in [0.1, 0.15) is 104 Å². The zero-order valence-corrected chi connectivity index (χ0v) is 25.5. The molecule has 4 aliphatic rings. The van der Waals surface area contributed by atoms with E-state index in [-0.39, 0.29) is 25.2 Å². The van der Waals surface area contributed by atoms with E-state index in [1.165, 1.54) is 73.4 Å². The van der Waals surface area contributed by atoms with Crippen LogP contribution in [0, 0.1) is 53.3 Å². The number of fused-ring (bicyclic) bond motifs is 5. The van der Waals surface area contributed by atoms with Crippen molar-refractivity contribution in [3.05, 3.63) is 41.5 Å². The number of hydrogen-bond acceptors (Lipinski definition) is 1. The van der Waals surface area contributed by atoms with Gasteiger partial charge in [-0.05, 0) is 5.92 Å². The van der Waals surface area contributed by atoms with Crippen molar-refractivity contribution in [2.24, 2.45) is 46.3 Å². The molecule has 2 heteroatoms. The van der Waals surface area contributed by atoms with Gasteiger partial charge in [0, 0.05) is 0 Å². The molecule has 0 aromatic heterocycles. The van der Waals surface area contributed by atoms with Crippen molar-refractivity contribution in [3.8, 4) is 0 Å². The molecule has 36 heavy (non-hydrogen) atoms. The Balaban J connectivity index is 1.32. The molecular weight excluding hydrogens is 503 g/mol. The summed E-state index contributed by atoms with van der Waals surface area (Å²) in [7, 11) is 0. The Bertz CT molecular complexity index is 975. The molecule has 1 aromatic carbocycles. The van der Waals surface area contributed by atoms with Gasteiger partial charge in [-0.15, -0.1) is 0 Å². The van der Waals surface area contributed by atoms with E-state index < -0.39 is 0 Å². The van der Waals surface area contributed by atoms with Crippen LogP contribution in [0.2, 0.25) is 4.82 Å². The fourth-order valence-corrected chi connectivity index (χ4v) is 12.1. The Morgan fingerprint density at radius 1 is 0.972 bits per heavy atom. The van der Waals surface area contributed by atoms with Crippen molar-refractivity contribution in [3.63, 3.8) is 0 Å². The zero-order chi connectivity index (χ0) is 25.7. The van der Waals surface area contributed by atoms with E-state index in [1.54, 1.807) is 0 Å². The summed E-state index contributed by atoms with van der Waals surface area (Å²) in [6.07, 6.45) is 15.7. The van der Waals surface area contributed by atoms with Gasteiger partial charge in [0.2, 0.25) is 0 Å². The number of carbonyl (C=O) groups excluding carboxylic acids is 1. The Morgan fingerprint density at radius 3 is 2.44 bits per heavy atom. The molecule has 1 nitrogen and oxygen atoms in total. The number of rotatable bonds is 7. The topological polar surface area (TPSA) is 17.1 Å². The van der Waals surface area contributed by atoms with Gasteiger partial charge >= 0.3 is 209 Å². The molecule has 4 unspecified atom stereocenters. The number of benzene rings is 1. The molecule has 4 aliphatic carbocycles. The maximum absolute atomic E-state index is 13.2. The summed E-state index contributed by atoms with van der Waals surface area (Å²) in [4.78, 5) is 13.5. The van der Waals surface area contributed by atoms with Crippen LogP contribution in [0.15, 0.2) is 35.9 Å². The van der Waals surface area contributed by atoms with Gasteiger partial charge in [-0.2, -0.15) is 0 Å². The molecule has 0 bridgehead atoms. The average Bonchev–Trinajstić information content (AvgIpc) is 3.18. The van der Waals surface area contributed by atoms with Crippen molar-refractivity contribution < 1.29 is 4.79 Å². The molecule has 0 spiro atoms. The van der Waals surface area contributed by atoms with Crippen molar-refractivity contribution in [2.45, 2.75) is 111 Å². The number of allylic oxidation sites excluding steroid dienone is 1. The first-order valence-corrected chi connectivity index (χ1v) is 16.9. The molecule has 0 N–H and O–H groups in total. The van der Waals surface area contributed by atoms with E-state index in [1.807, 2.05) is 0 Å². The zero-order valence-electron chi connectivity index (χ0n) is 23.8. The first-order chi connectivity index (χ1) is 17.1. The van der Waals surface area contributed by atoms with Gasteiger partial charge in [0.1, 0.15) is 0 Å². The van der Waals surface area contributed by atoms with Crippen LogP contribution in [-0.4, -0.2) is 20.7 Å². The van der Waals surface area contributed by atoms with Crippen LogP contribution in [0.3, 0.4) is 0 Å². The molecule has 8 atom stereocenters. The third-order valence-corrected chi connectivity index (χ3v) is 14.1. The van der Waals surface area contributed by atoms with Crippen LogP contribution < -0.4 is 4.46 Å². The molecule has 0 amide bonds. The van der Waals surface area contributed by atoms with Crippen LogP contribution in [0.25, 0.3) is 0 Å². The van der Waals surface area contributed by atoms with Crippen molar-refractivity contribution in [1.82, 2.24) is 0 Å². The van der Waals surface area contributed by atoms with Gasteiger partial charge in [0.25, 0.3) is 0 Å². The summed E-state index contributed by atoms with van der Waals surface area (Å²) in [6, 6.07) is 8.96. The van der Waals surface area contributed by atoms with E-state index in [0.29, 0.717) is 11.2 Å². The van der Waals surface area contributed by atoms with Gasteiger partial charge in [0.05, 0.1) is 0 Å². The SMILES string of the molecule is Cc1ccc([Se][C@@H]2C[C@@]3(C)C(=CC2=O)CCC2C3CC[C@@]3(C)C2CC[C@@H]3C(C)CCCC(C)C)cc1. The summed E-state index contributed by atoms with van der Waals surface area (Å²) < 4.78 is 1.39. The number of ketones is 1. The van der Waals surface area contributed by atoms with E-state index in [9.17, 15) is 4.79 Å². The van der Waals surface area contributed by atoms with Gasteiger partial charge in [-0.25, -0.2) is 0 Å². The fraction of sp³-hybridized carbons (Fsp3) is 0.735. The molecule has 0 heterocycles. The fourth-order valence-electron chi connectivity index (χ4n) is 9.50. The summed E-state index contributed by atoms with van der Waals surface area (Å²) in [6.45, 7) is 14.7. The van der Waals surface area contributed by atoms with E-state index >= 15 is 0 Å². The predicted octanol–water partition coefficient (Wildman–Crippen LogP) is 8.33. The number of aryl methyl sites for hydroxylation is 1. The molecule has 5 rings (SSSR count). The van der Waals surface area contributed by atoms with E-state index in [2.05, 4.69) is 71.9 Å². The van der Waals surface area contributed by atoms with Gasteiger partial charge in [-0.1, -0.05) is 13.8 Å². The Kier molecular flexibility index (Phi) is 7.71. The quantitative estimate of drug-likeness (QED) is 0.310. The van der Waals surface area contributed by atoms with Crippen molar-refractivity contribution in [2.75, 3.05) is 0 Å². The van der Waals surface area contributed by atoms with Crippen molar-refractivity contribution >= 4 is 25.2 Å². The summed E-state index contributed by atoms with van der Waals surface area (Å²) in [5, 5.41) is 0. The van der Waals surface area contributed by atoms with Gasteiger partial charge in [0.15, 0.2) is 0 Å². The molecule has 3 fully saturated rings. The molecule has 0 saturated heterocycles. The number of hydrogen-bond donors (Lipinski definition) is 0. The third kappa shape index (κ3) is 4.84. The first-order valence-electron chi connectivity index (χ1n) is 15.1. The second kappa shape index (κ2) is 10.4. The predicted molar refractivity (Wildman–Crippen MR) is 154 cm³/mol.